The van der Waals surface area contributed by atoms with Gasteiger partial charge in [-0.05, 0) is 68.1 Å². The van der Waals surface area contributed by atoms with E-state index in [9.17, 15) is 18.4 Å². The molecule has 1 atom stereocenters. The molecular formula is C25H30F2N4O2. The predicted octanol–water partition coefficient (Wildman–Crippen LogP) is 3.63. The van der Waals surface area contributed by atoms with Crippen molar-refractivity contribution in [1.82, 2.24) is 10.2 Å². The average Bonchev–Trinajstić information content (AvgIpc) is 2.81. The van der Waals surface area contributed by atoms with E-state index in [-0.39, 0.29) is 18.3 Å². The molecule has 1 unspecified atom stereocenters. The molecule has 0 radical (unpaired) electrons. The zero-order valence-electron chi connectivity index (χ0n) is 18.9. The second-order valence-corrected chi connectivity index (χ2v) is 8.81. The van der Waals surface area contributed by atoms with Gasteiger partial charge in [-0.1, -0.05) is 18.6 Å². The number of fused-ring (bicyclic) bond motifs is 1. The van der Waals surface area contributed by atoms with Crippen molar-refractivity contribution < 1.29 is 18.4 Å². The quantitative estimate of drug-likeness (QED) is 0.675. The number of nitrogens with zero attached hydrogens (tertiary/aromatic N) is 2. The maximum atomic E-state index is 13.8. The molecule has 6 nitrogen and oxygen atoms in total. The summed E-state index contributed by atoms with van der Waals surface area (Å²) in [5.41, 5.74) is 3.44. The SMILES string of the molecule is CN1CCCc2cc(C(CNC(=O)C(=O)Nc3ccc(F)cc3F)N3CCCCC3)ccc21. The Balaban J connectivity index is 1.46. The summed E-state index contributed by atoms with van der Waals surface area (Å²) in [6.45, 7) is 3.18. The van der Waals surface area contributed by atoms with Crippen LogP contribution in [0.1, 0.15) is 42.9 Å². The first-order chi connectivity index (χ1) is 15.9. The number of nitrogens with one attached hydrogen (secondary N) is 2. The summed E-state index contributed by atoms with van der Waals surface area (Å²) in [5, 5.41) is 4.93. The minimum absolute atomic E-state index is 0.0536. The van der Waals surface area contributed by atoms with Crippen molar-refractivity contribution >= 4 is 23.2 Å². The molecule has 0 saturated carbocycles. The summed E-state index contributed by atoms with van der Waals surface area (Å²) in [6, 6.07) is 9.21. The van der Waals surface area contributed by atoms with Crippen LogP contribution in [-0.2, 0) is 16.0 Å². The lowest BCUT2D eigenvalue weighted by atomic mass is 9.95. The number of hydrogen-bond donors (Lipinski definition) is 2. The third kappa shape index (κ3) is 5.50. The number of carbonyl (C=O) groups is 2. The molecule has 176 valence electrons. The molecule has 2 amide bonds. The summed E-state index contributed by atoms with van der Waals surface area (Å²) in [7, 11) is 2.10. The number of carbonyl (C=O) groups excluding carboxylic acids is 2. The molecule has 0 bridgehead atoms. The first-order valence-electron chi connectivity index (χ1n) is 11.5. The van der Waals surface area contributed by atoms with Gasteiger partial charge in [0, 0.05) is 31.9 Å². The third-order valence-corrected chi connectivity index (χ3v) is 6.51. The van der Waals surface area contributed by atoms with E-state index in [4.69, 9.17) is 0 Å². The number of anilines is 2. The standard InChI is InChI=1S/C25H30F2N4O2/c1-30-11-5-6-17-14-18(7-10-22(17)30)23(31-12-3-2-4-13-31)16-28-24(32)25(33)29-21-9-8-19(26)15-20(21)27/h7-10,14-15,23H,2-6,11-13,16H2,1H3,(H,28,32)(H,29,33). The second kappa shape index (κ2) is 10.3. The molecular weight excluding hydrogens is 426 g/mol. The topological polar surface area (TPSA) is 64.7 Å². The lowest BCUT2D eigenvalue weighted by molar-refractivity contribution is -0.136. The Kier molecular flexibility index (Phi) is 7.23. The van der Waals surface area contributed by atoms with Crippen LogP contribution in [0.5, 0.6) is 0 Å². The van der Waals surface area contributed by atoms with E-state index in [1.54, 1.807) is 0 Å². The summed E-state index contributed by atoms with van der Waals surface area (Å²) in [5.74, 6) is -3.51. The number of benzene rings is 2. The molecule has 0 aliphatic carbocycles. The minimum Gasteiger partial charge on any atom is -0.374 e. The Bertz CT molecular complexity index is 1020. The largest absolute Gasteiger partial charge is 0.374 e. The summed E-state index contributed by atoms with van der Waals surface area (Å²) in [6.07, 6.45) is 5.53. The molecule has 8 heteroatoms. The fraction of sp³-hybridized carbons (Fsp3) is 0.440. The number of hydrogen-bond acceptors (Lipinski definition) is 4. The van der Waals surface area contributed by atoms with E-state index < -0.39 is 23.4 Å². The van der Waals surface area contributed by atoms with Crippen LogP contribution in [0, 0.1) is 11.6 Å². The van der Waals surface area contributed by atoms with Gasteiger partial charge in [0.05, 0.1) is 11.7 Å². The minimum atomic E-state index is -0.982. The van der Waals surface area contributed by atoms with Crippen LogP contribution in [0.25, 0.3) is 0 Å². The highest BCUT2D eigenvalue weighted by atomic mass is 19.1. The molecule has 2 aliphatic rings. The van der Waals surface area contributed by atoms with Crippen molar-refractivity contribution in [1.29, 1.82) is 0 Å². The van der Waals surface area contributed by atoms with E-state index in [1.165, 1.54) is 17.7 Å². The number of rotatable bonds is 5. The van der Waals surface area contributed by atoms with E-state index in [1.807, 2.05) is 0 Å². The molecule has 33 heavy (non-hydrogen) atoms. The van der Waals surface area contributed by atoms with Crippen molar-refractivity contribution in [2.24, 2.45) is 0 Å². The van der Waals surface area contributed by atoms with E-state index in [0.29, 0.717) is 6.07 Å². The number of aryl methyl sites for hydroxylation is 1. The highest BCUT2D eigenvalue weighted by molar-refractivity contribution is 6.39. The van der Waals surface area contributed by atoms with Crippen LogP contribution in [0.3, 0.4) is 0 Å². The number of amides is 2. The van der Waals surface area contributed by atoms with Crippen LogP contribution in [0.15, 0.2) is 36.4 Å². The van der Waals surface area contributed by atoms with Gasteiger partial charge in [0.1, 0.15) is 11.6 Å². The van der Waals surface area contributed by atoms with Crippen molar-refractivity contribution in [2.75, 3.05) is 43.4 Å². The highest BCUT2D eigenvalue weighted by Crippen LogP contribution is 2.31. The highest BCUT2D eigenvalue weighted by Gasteiger charge is 2.26. The normalized spacial score (nSPS) is 17.2. The number of likely N-dealkylation sites (tertiary alicyclic amines) is 1. The third-order valence-electron chi connectivity index (χ3n) is 6.51. The Morgan fingerprint density at radius 2 is 1.76 bits per heavy atom. The van der Waals surface area contributed by atoms with Crippen molar-refractivity contribution in [2.45, 2.75) is 38.1 Å². The average molecular weight is 457 g/mol. The number of halogens is 2. The van der Waals surface area contributed by atoms with Gasteiger partial charge in [0.2, 0.25) is 0 Å². The van der Waals surface area contributed by atoms with Gasteiger partial charge in [-0.2, -0.15) is 0 Å². The summed E-state index contributed by atoms with van der Waals surface area (Å²) in [4.78, 5) is 29.4. The molecule has 2 N–H and O–H groups in total. The molecule has 4 rings (SSSR count). The van der Waals surface area contributed by atoms with Gasteiger partial charge in [-0.15, -0.1) is 0 Å². The number of piperidine rings is 1. The predicted molar refractivity (Wildman–Crippen MR) is 124 cm³/mol. The summed E-state index contributed by atoms with van der Waals surface area (Å²) >= 11 is 0. The van der Waals surface area contributed by atoms with Crippen LogP contribution in [0.4, 0.5) is 20.2 Å². The summed E-state index contributed by atoms with van der Waals surface area (Å²) < 4.78 is 26.9. The molecule has 1 fully saturated rings. The van der Waals surface area contributed by atoms with Crippen LogP contribution in [0.2, 0.25) is 0 Å². The smallest absolute Gasteiger partial charge is 0.313 e. The van der Waals surface area contributed by atoms with Gasteiger partial charge in [-0.25, -0.2) is 8.78 Å². The monoisotopic (exact) mass is 456 g/mol. The van der Waals surface area contributed by atoms with Gasteiger partial charge < -0.3 is 15.5 Å². The molecule has 2 aliphatic heterocycles. The van der Waals surface area contributed by atoms with Gasteiger partial charge in [0.25, 0.3) is 0 Å². The van der Waals surface area contributed by atoms with Crippen molar-refractivity contribution in [3.63, 3.8) is 0 Å². The molecule has 2 aromatic rings. The lowest BCUT2D eigenvalue weighted by Crippen LogP contribution is -2.43. The molecule has 2 heterocycles. The lowest BCUT2D eigenvalue weighted by Gasteiger charge is -2.36. The first kappa shape index (κ1) is 23.2. The van der Waals surface area contributed by atoms with E-state index >= 15 is 0 Å². The zero-order chi connectivity index (χ0) is 23.4. The Morgan fingerprint density at radius 1 is 0.970 bits per heavy atom. The van der Waals surface area contributed by atoms with Crippen LogP contribution < -0.4 is 15.5 Å². The fourth-order valence-corrected chi connectivity index (χ4v) is 4.74. The van der Waals surface area contributed by atoms with Crippen LogP contribution in [-0.4, -0.2) is 49.9 Å². The van der Waals surface area contributed by atoms with Crippen LogP contribution >= 0.6 is 0 Å². The van der Waals surface area contributed by atoms with Crippen molar-refractivity contribution in [3.05, 3.63) is 59.2 Å². The Morgan fingerprint density at radius 3 is 2.52 bits per heavy atom. The van der Waals surface area contributed by atoms with Gasteiger partial charge in [-0.3, -0.25) is 14.5 Å². The van der Waals surface area contributed by atoms with Crippen molar-refractivity contribution in [3.8, 4) is 0 Å². The maximum absolute atomic E-state index is 13.8. The first-order valence-corrected chi connectivity index (χ1v) is 11.5. The van der Waals surface area contributed by atoms with E-state index in [0.717, 1.165) is 63.0 Å². The molecule has 2 aromatic carbocycles. The molecule has 0 aromatic heterocycles. The Hall–Kier alpha value is -3.00. The Labute approximate surface area is 192 Å². The fourth-order valence-electron chi connectivity index (χ4n) is 4.74. The van der Waals surface area contributed by atoms with E-state index in [2.05, 4.69) is 45.7 Å². The molecule has 0 spiro atoms. The molecule has 1 saturated heterocycles. The van der Waals surface area contributed by atoms with Gasteiger partial charge >= 0.3 is 11.8 Å². The second-order valence-electron chi connectivity index (χ2n) is 8.81. The zero-order valence-corrected chi connectivity index (χ0v) is 18.9. The van der Waals surface area contributed by atoms with Gasteiger partial charge in [0.15, 0.2) is 0 Å². The maximum Gasteiger partial charge on any atom is 0.313 e.